The predicted octanol–water partition coefficient (Wildman–Crippen LogP) is 3.40. The number of unbranched alkanes of at least 4 members (excludes halogenated alkanes) is 6. The molecule has 1 fully saturated rings. The molecule has 0 bridgehead atoms. The minimum absolute atomic E-state index is 0.216. The van der Waals surface area contributed by atoms with E-state index in [2.05, 4.69) is 22.9 Å². The lowest BCUT2D eigenvalue weighted by Crippen LogP contribution is -2.57. The van der Waals surface area contributed by atoms with Gasteiger partial charge in [0.15, 0.2) is 6.61 Å². The molecule has 0 aromatic heterocycles. The number of ether oxygens (including phenoxy) is 2. The average molecular weight is 508 g/mol. The topological polar surface area (TPSA) is 106 Å². The van der Waals surface area contributed by atoms with Crippen molar-refractivity contribution >= 4 is 29.5 Å². The molecular weight excluding hydrogens is 466 g/mol. The highest BCUT2D eigenvalue weighted by Crippen LogP contribution is 2.39. The van der Waals surface area contributed by atoms with E-state index in [9.17, 15) is 14.4 Å². The minimum Gasteiger partial charge on any atom is -0.484 e. The summed E-state index contributed by atoms with van der Waals surface area (Å²) in [6, 6.07) is 7.56. The molecule has 0 saturated carbocycles. The normalized spacial score (nSPS) is 19.5. The number of hydrogen-bond acceptors (Lipinski definition) is 7. The van der Waals surface area contributed by atoms with Crippen LogP contribution in [0.5, 0.6) is 5.75 Å². The van der Waals surface area contributed by atoms with E-state index in [-0.39, 0.29) is 12.5 Å². The molecule has 0 spiro atoms. The lowest BCUT2D eigenvalue weighted by molar-refractivity contribution is -0.143. The summed E-state index contributed by atoms with van der Waals surface area (Å²) in [5.74, 6) is -0.518. The van der Waals surface area contributed by atoms with Crippen LogP contribution in [0.2, 0.25) is 0 Å². The fourth-order valence-electron chi connectivity index (χ4n) is 3.99. The fraction of sp³-hybridized carbons (Fsp3) is 0.654. The van der Waals surface area contributed by atoms with Crippen LogP contribution in [0.4, 0.5) is 0 Å². The highest BCUT2D eigenvalue weighted by atomic mass is 32.2. The second-order valence-corrected chi connectivity index (χ2v) is 11.1. The minimum atomic E-state index is -0.870. The summed E-state index contributed by atoms with van der Waals surface area (Å²) in [7, 11) is 1.34. The number of esters is 1. The van der Waals surface area contributed by atoms with Gasteiger partial charge in [0.2, 0.25) is 5.91 Å². The Bertz CT molecular complexity index is 805. The molecule has 1 aromatic rings. The van der Waals surface area contributed by atoms with Gasteiger partial charge in [-0.1, -0.05) is 63.6 Å². The van der Waals surface area contributed by atoms with Crippen LogP contribution in [0.25, 0.3) is 0 Å². The Hall–Kier alpha value is -2.26. The number of carbonyl (C=O) groups is 3. The second-order valence-electron chi connectivity index (χ2n) is 9.32. The van der Waals surface area contributed by atoms with Crippen LogP contribution in [-0.2, 0) is 19.1 Å². The number of benzene rings is 1. The first-order valence-electron chi connectivity index (χ1n) is 12.5. The summed E-state index contributed by atoms with van der Waals surface area (Å²) in [5, 5.41) is 8.47. The molecule has 1 aromatic carbocycles. The van der Waals surface area contributed by atoms with Gasteiger partial charge in [0.25, 0.3) is 5.91 Å². The molecule has 1 saturated heterocycles. The highest BCUT2D eigenvalue weighted by Gasteiger charge is 2.49. The summed E-state index contributed by atoms with van der Waals surface area (Å²) in [6.45, 7) is 6.36. The zero-order valence-electron chi connectivity index (χ0n) is 21.4. The lowest BCUT2D eigenvalue weighted by atomic mass is 10.0. The van der Waals surface area contributed by atoms with Crippen LogP contribution in [0.15, 0.2) is 30.3 Å². The molecule has 35 heavy (non-hydrogen) atoms. The molecule has 3 atom stereocenters. The van der Waals surface area contributed by atoms with Crippen LogP contribution in [0.1, 0.15) is 65.7 Å². The molecular formula is C26H41N3O5S. The molecule has 9 heteroatoms. The molecule has 1 aliphatic rings. The van der Waals surface area contributed by atoms with Gasteiger partial charge in [-0.25, -0.2) is 0 Å². The summed E-state index contributed by atoms with van der Waals surface area (Å²) in [5.41, 5.74) is 0. The van der Waals surface area contributed by atoms with Gasteiger partial charge < -0.3 is 20.1 Å². The Morgan fingerprint density at radius 3 is 2.37 bits per heavy atom. The third-order valence-electron chi connectivity index (χ3n) is 5.99. The van der Waals surface area contributed by atoms with Crippen LogP contribution >= 0.6 is 11.8 Å². The highest BCUT2D eigenvalue weighted by molar-refractivity contribution is 8.01. The van der Waals surface area contributed by atoms with Crippen molar-refractivity contribution in [3.63, 3.8) is 0 Å². The molecule has 2 rings (SSSR count). The van der Waals surface area contributed by atoms with Gasteiger partial charge in [0.1, 0.15) is 17.8 Å². The summed E-state index contributed by atoms with van der Waals surface area (Å²) < 4.78 is 9.95. The van der Waals surface area contributed by atoms with Gasteiger partial charge in [-0.05, 0) is 32.4 Å². The van der Waals surface area contributed by atoms with E-state index in [1.165, 1.54) is 44.6 Å². The molecule has 1 unspecified atom stereocenters. The molecule has 8 nitrogen and oxygen atoms in total. The third-order valence-corrected chi connectivity index (χ3v) is 7.49. The second kappa shape index (κ2) is 15.0. The molecule has 1 heterocycles. The van der Waals surface area contributed by atoms with Crippen molar-refractivity contribution in [2.75, 3.05) is 20.3 Å². The Balaban J connectivity index is 1.95. The van der Waals surface area contributed by atoms with Crippen molar-refractivity contribution in [1.82, 2.24) is 16.0 Å². The Morgan fingerprint density at radius 1 is 1.06 bits per heavy atom. The van der Waals surface area contributed by atoms with Crippen molar-refractivity contribution in [2.45, 2.75) is 87.9 Å². The maximum Gasteiger partial charge on any atom is 0.324 e. The van der Waals surface area contributed by atoms with Gasteiger partial charge in [-0.15, -0.1) is 11.8 Å². The first-order chi connectivity index (χ1) is 16.8. The van der Waals surface area contributed by atoms with Crippen molar-refractivity contribution < 1.29 is 23.9 Å². The predicted molar refractivity (Wildman–Crippen MR) is 139 cm³/mol. The smallest absolute Gasteiger partial charge is 0.324 e. The quantitative estimate of drug-likeness (QED) is 0.247. The van der Waals surface area contributed by atoms with Gasteiger partial charge in [0.05, 0.1) is 12.5 Å². The van der Waals surface area contributed by atoms with Crippen molar-refractivity contribution in [2.24, 2.45) is 0 Å². The Labute approximate surface area is 213 Å². The number of nitrogens with one attached hydrogen (secondary N) is 3. The van der Waals surface area contributed by atoms with Crippen LogP contribution in [0.3, 0.4) is 0 Å². The van der Waals surface area contributed by atoms with Crippen LogP contribution in [0, 0.1) is 0 Å². The van der Waals surface area contributed by atoms with Crippen molar-refractivity contribution in [3.05, 3.63) is 30.3 Å². The third kappa shape index (κ3) is 9.72. The van der Waals surface area contributed by atoms with E-state index in [1.54, 1.807) is 12.1 Å². The number of methoxy groups -OCH3 is 1. The Morgan fingerprint density at radius 2 is 1.71 bits per heavy atom. The SMILES string of the molecule is CCCCCCCCCNC(=O)[C@H](NC(=O)COc1ccccc1)[C@@H]1NC(C(=O)OC)C(C)(C)S1. The fourth-order valence-corrected chi connectivity index (χ4v) is 5.48. The lowest BCUT2D eigenvalue weighted by Gasteiger charge is -2.24. The number of rotatable bonds is 15. The number of hydrogen-bond donors (Lipinski definition) is 3. The average Bonchev–Trinajstić information content (AvgIpc) is 3.17. The van der Waals surface area contributed by atoms with E-state index in [4.69, 9.17) is 9.47 Å². The summed E-state index contributed by atoms with van der Waals surface area (Å²) >= 11 is 1.44. The van der Waals surface area contributed by atoms with E-state index < -0.39 is 34.1 Å². The van der Waals surface area contributed by atoms with E-state index in [0.717, 1.165) is 19.3 Å². The van der Waals surface area contributed by atoms with Gasteiger partial charge >= 0.3 is 5.97 Å². The van der Waals surface area contributed by atoms with Crippen LogP contribution in [-0.4, -0.2) is 60.2 Å². The van der Waals surface area contributed by atoms with E-state index >= 15 is 0 Å². The number of thioether (sulfide) groups is 1. The summed E-state index contributed by atoms with van der Waals surface area (Å²) in [4.78, 5) is 38.1. The molecule has 196 valence electrons. The molecule has 0 aliphatic carbocycles. The maximum atomic E-state index is 13.1. The zero-order chi connectivity index (χ0) is 25.7. The van der Waals surface area contributed by atoms with E-state index in [0.29, 0.717) is 12.3 Å². The largest absolute Gasteiger partial charge is 0.484 e. The molecule has 1 aliphatic heterocycles. The van der Waals surface area contributed by atoms with Gasteiger partial charge in [0, 0.05) is 11.3 Å². The first-order valence-corrected chi connectivity index (χ1v) is 13.4. The molecule has 2 amide bonds. The van der Waals surface area contributed by atoms with Crippen LogP contribution < -0.4 is 20.7 Å². The first kappa shape index (κ1) is 29.0. The zero-order valence-corrected chi connectivity index (χ0v) is 22.2. The van der Waals surface area contributed by atoms with Crippen molar-refractivity contribution in [3.8, 4) is 5.75 Å². The monoisotopic (exact) mass is 507 g/mol. The number of amides is 2. The van der Waals surface area contributed by atoms with Crippen molar-refractivity contribution in [1.29, 1.82) is 0 Å². The summed E-state index contributed by atoms with van der Waals surface area (Å²) in [6.07, 6.45) is 8.05. The van der Waals surface area contributed by atoms with E-state index in [1.807, 2.05) is 32.0 Å². The number of para-hydroxylation sites is 1. The van der Waals surface area contributed by atoms with Gasteiger partial charge in [-0.3, -0.25) is 19.7 Å². The maximum absolute atomic E-state index is 13.1. The molecule has 3 N–H and O–H groups in total. The number of carbonyl (C=O) groups excluding carboxylic acids is 3. The molecule has 0 radical (unpaired) electrons. The Kier molecular flexibility index (Phi) is 12.4. The van der Waals surface area contributed by atoms with Gasteiger partial charge in [-0.2, -0.15) is 0 Å². The standard InChI is InChI=1S/C26H41N3O5S/c1-5-6-7-8-9-10-14-17-27-23(31)21(24-29-22(25(32)33-4)26(2,3)35-24)28-20(30)18-34-19-15-12-11-13-16-19/h11-13,15-16,21-22,24,29H,5-10,14,17-18H2,1-4H3,(H,27,31)(H,28,30)/t21-,22?,24+/m0/s1.